The summed E-state index contributed by atoms with van der Waals surface area (Å²) in [5.41, 5.74) is 8.59. The summed E-state index contributed by atoms with van der Waals surface area (Å²) >= 11 is 3.56. The minimum Gasteiger partial charge on any atom is -0.383 e. The molecule has 0 fully saturated rings. The molecule has 3 nitrogen and oxygen atoms in total. The number of halogens is 1. The first kappa shape index (κ1) is 17.6. The van der Waals surface area contributed by atoms with Gasteiger partial charge in [0, 0.05) is 36.8 Å². The van der Waals surface area contributed by atoms with Gasteiger partial charge in [0.05, 0.1) is 6.61 Å². The van der Waals surface area contributed by atoms with E-state index in [4.69, 9.17) is 10.5 Å². The van der Waals surface area contributed by atoms with Crippen LogP contribution in [-0.2, 0) is 4.74 Å². The van der Waals surface area contributed by atoms with Gasteiger partial charge in [0.2, 0.25) is 0 Å². The van der Waals surface area contributed by atoms with Crippen molar-refractivity contribution in [1.82, 2.24) is 4.90 Å². The molecule has 4 heteroatoms. The van der Waals surface area contributed by atoms with Gasteiger partial charge in [0.25, 0.3) is 0 Å². The third-order valence-corrected chi connectivity index (χ3v) is 4.79. The van der Waals surface area contributed by atoms with Crippen LogP contribution in [0.1, 0.15) is 37.4 Å². The molecular weight excluding hydrogens is 316 g/mol. The Kier molecular flexibility index (Phi) is 7.74. The van der Waals surface area contributed by atoms with E-state index in [0.29, 0.717) is 12.6 Å². The van der Waals surface area contributed by atoms with Gasteiger partial charge in [-0.1, -0.05) is 35.0 Å². The normalized spacial score (nSPS) is 14.6. The number of hydrogen-bond acceptors (Lipinski definition) is 3. The lowest BCUT2D eigenvalue weighted by atomic mass is 10.0. The van der Waals surface area contributed by atoms with Crippen molar-refractivity contribution in [3.05, 3.63) is 33.8 Å². The van der Waals surface area contributed by atoms with E-state index >= 15 is 0 Å². The highest BCUT2D eigenvalue weighted by atomic mass is 79.9. The third kappa shape index (κ3) is 4.55. The fraction of sp³-hybridized carbons (Fsp3) is 0.625. The zero-order valence-corrected chi connectivity index (χ0v) is 14.6. The van der Waals surface area contributed by atoms with Crippen molar-refractivity contribution < 1.29 is 4.74 Å². The highest BCUT2D eigenvalue weighted by Crippen LogP contribution is 2.26. The van der Waals surface area contributed by atoms with Crippen LogP contribution in [0.15, 0.2) is 22.7 Å². The molecule has 1 aromatic rings. The predicted molar refractivity (Wildman–Crippen MR) is 89.0 cm³/mol. The smallest absolute Gasteiger partial charge is 0.0590 e. The average Bonchev–Trinajstić information content (AvgIpc) is 2.46. The molecule has 2 atom stereocenters. The molecule has 0 aliphatic heterocycles. The lowest BCUT2D eigenvalue weighted by Gasteiger charge is -2.36. The predicted octanol–water partition coefficient (Wildman–Crippen LogP) is 3.50. The molecule has 1 rings (SSSR count). The van der Waals surface area contributed by atoms with Crippen LogP contribution in [0.25, 0.3) is 0 Å². The Morgan fingerprint density at radius 1 is 1.40 bits per heavy atom. The molecule has 0 heterocycles. The highest BCUT2D eigenvalue weighted by molar-refractivity contribution is 9.10. The van der Waals surface area contributed by atoms with E-state index in [-0.39, 0.29) is 6.04 Å². The maximum Gasteiger partial charge on any atom is 0.0590 e. The number of ether oxygens (including phenoxy) is 1. The van der Waals surface area contributed by atoms with Crippen LogP contribution in [0.5, 0.6) is 0 Å². The SMILES string of the molecule is CCC(C)N(CCOC)C(CN)c1ccc(Br)c(C)c1. The molecule has 114 valence electrons. The van der Waals surface area contributed by atoms with E-state index in [1.165, 1.54) is 11.1 Å². The molecule has 0 aromatic heterocycles. The summed E-state index contributed by atoms with van der Waals surface area (Å²) in [6, 6.07) is 7.23. The molecular formula is C16H27BrN2O. The topological polar surface area (TPSA) is 38.5 Å². The van der Waals surface area contributed by atoms with E-state index in [1.54, 1.807) is 7.11 Å². The zero-order chi connectivity index (χ0) is 15.1. The van der Waals surface area contributed by atoms with Crippen molar-refractivity contribution in [2.24, 2.45) is 5.73 Å². The highest BCUT2D eigenvalue weighted by Gasteiger charge is 2.23. The van der Waals surface area contributed by atoms with Crippen LogP contribution >= 0.6 is 15.9 Å². The molecule has 2 unspecified atom stereocenters. The van der Waals surface area contributed by atoms with Crippen molar-refractivity contribution in [3.8, 4) is 0 Å². The standard InChI is InChI=1S/C16H27BrN2O/c1-5-13(3)19(8-9-20-4)16(11-18)14-6-7-15(17)12(2)10-14/h6-7,10,13,16H,5,8-9,11,18H2,1-4H3. The Morgan fingerprint density at radius 2 is 2.10 bits per heavy atom. The fourth-order valence-electron chi connectivity index (χ4n) is 2.45. The van der Waals surface area contributed by atoms with Crippen molar-refractivity contribution in [2.75, 3.05) is 26.8 Å². The maximum atomic E-state index is 6.06. The summed E-state index contributed by atoms with van der Waals surface area (Å²) in [5.74, 6) is 0. The van der Waals surface area contributed by atoms with Gasteiger partial charge in [-0.25, -0.2) is 0 Å². The number of benzene rings is 1. The quantitative estimate of drug-likeness (QED) is 0.785. The van der Waals surface area contributed by atoms with Crippen LogP contribution < -0.4 is 5.73 Å². The summed E-state index contributed by atoms with van der Waals surface area (Å²) in [6.07, 6.45) is 1.11. The first-order chi connectivity index (χ1) is 9.54. The number of nitrogens with two attached hydrogens (primary N) is 1. The number of hydrogen-bond donors (Lipinski definition) is 1. The molecule has 2 N–H and O–H groups in total. The minimum atomic E-state index is 0.242. The average molecular weight is 343 g/mol. The van der Waals surface area contributed by atoms with Crippen molar-refractivity contribution in [2.45, 2.75) is 39.3 Å². The number of methoxy groups -OCH3 is 1. The second-order valence-electron chi connectivity index (χ2n) is 5.25. The number of aryl methyl sites for hydroxylation is 1. The van der Waals surface area contributed by atoms with E-state index in [9.17, 15) is 0 Å². The summed E-state index contributed by atoms with van der Waals surface area (Å²) < 4.78 is 6.39. The molecule has 0 saturated heterocycles. The summed E-state index contributed by atoms with van der Waals surface area (Å²) in [5, 5.41) is 0. The van der Waals surface area contributed by atoms with Gasteiger partial charge in [0.15, 0.2) is 0 Å². The molecule has 1 aromatic carbocycles. The fourth-order valence-corrected chi connectivity index (χ4v) is 2.70. The Bertz CT molecular complexity index is 411. The molecule has 0 saturated carbocycles. The largest absolute Gasteiger partial charge is 0.383 e. The molecule has 0 aliphatic rings. The Balaban J connectivity index is 3.01. The summed E-state index contributed by atoms with van der Waals surface area (Å²) in [7, 11) is 1.75. The molecule has 0 radical (unpaired) electrons. The molecule has 0 aliphatic carbocycles. The lowest BCUT2D eigenvalue weighted by Crippen LogP contribution is -2.41. The minimum absolute atomic E-state index is 0.242. The lowest BCUT2D eigenvalue weighted by molar-refractivity contribution is 0.0902. The monoisotopic (exact) mass is 342 g/mol. The number of nitrogens with zero attached hydrogens (tertiary/aromatic N) is 1. The van der Waals surface area contributed by atoms with Gasteiger partial charge >= 0.3 is 0 Å². The van der Waals surface area contributed by atoms with Crippen LogP contribution in [-0.4, -0.2) is 37.7 Å². The zero-order valence-electron chi connectivity index (χ0n) is 13.0. The Labute approximate surface area is 131 Å². The van der Waals surface area contributed by atoms with Gasteiger partial charge in [-0.05, 0) is 37.5 Å². The van der Waals surface area contributed by atoms with E-state index in [1.807, 2.05) is 0 Å². The molecule has 20 heavy (non-hydrogen) atoms. The third-order valence-electron chi connectivity index (χ3n) is 3.90. The van der Waals surface area contributed by atoms with Gasteiger partial charge in [0.1, 0.15) is 0 Å². The molecule has 0 bridgehead atoms. The summed E-state index contributed by atoms with van der Waals surface area (Å²) in [4.78, 5) is 2.45. The molecule has 0 amide bonds. The van der Waals surface area contributed by atoms with Gasteiger partial charge in [-0.3, -0.25) is 4.90 Å². The Morgan fingerprint density at radius 3 is 2.60 bits per heavy atom. The van der Waals surface area contributed by atoms with E-state index in [2.05, 4.69) is 59.8 Å². The first-order valence-electron chi connectivity index (χ1n) is 7.25. The first-order valence-corrected chi connectivity index (χ1v) is 8.05. The van der Waals surface area contributed by atoms with Crippen molar-refractivity contribution >= 4 is 15.9 Å². The molecule has 0 spiro atoms. The maximum absolute atomic E-state index is 6.06. The Hall–Kier alpha value is -0.420. The van der Waals surface area contributed by atoms with Crippen LogP contribution in [0.2, 0.25) is 0 Å². The van der Waals surface area contributed by atoms with E-state index in [0.717, 1.165) is 24.0 Å². The van der Waals surface area contributed by atoms with Crippen LogP contribution in [0.4, 0.5) is 0 Å². The summed E-state index contributed by atoms with van der Waals surface area (Å²) in [6.45, 7) is 8.84. The van der Waals surface area contributed by atoms with Gasteiger partial charge < -0.3 is 10.5 Å². The van der Waals surface area contributed by atoms with Crippen LogP contribution in [0, 0.1) is 6.92 Å². The van der Waals surface area contributed by atoms with E-state index < -0.39 is 0 Å². The second kappa shape index (κ2) is 8.78. The van der Waals surface area contributed by atoms with Gasteiger partial charge in [-0.2, -0.15) is 0 Å². The van der Waals surface area contributed by atoms with Crippen LogP contribution in [0.3, 0.4) is 0 Å². The van der Waals surface area contributed by atoms with Gasteiger partial charge in [-0.15, -0.1) is 0 Å². The number of rotatable bonds is 8. The van der Waals surface area contributed by atoms with Crippen molar-refractivity contribution in [3.63, 3.8) is 0 Å². The second-order valence-corrected chi connectivity index (χ2v) is 6.10. The van der Waals surface area contributed by atoms with Crippen molar-refractivity contribution in [1.29, 1.82) is 0 Å².